The summed E-state index contributed by atoms with van der Waals surface area (Å²) in [5.74, 6) is 1.41. The third-order valence-electron chi connectivity index (χ3n) is 4.38. The van der Waals surface area contributed by atoms with Gasteiger partial charge in [-0.3, -0.25) is 4.90 Å². The Bertz CT molecular complexity index is 613. The summed E-state index contributed by atoms with van der Waals surface area (Å²) < 4.78 is 5.43. The van der Waals surface area contributed by atoms with E-state index >= 15 is 0 Å². The monoisotopic (exact) mass is 319 g/mol. The van der Waals surface area contributed by atoms with Crippen LogP contribution in [0.25, 0.3) is 0 Å². The van der Waals surface area contributed by atoms with E-state index in [1.165, 1.54) is 25.7 Å². The van der Waals surface area contributed by atoms with Gasteiger partial charge in [0, 0.05) is 17.5 Å². The second kappa shape index (κ2) is 7.25. The van der Waals surface area contributed by atoms with E-state index in [-0.39, 0.29) is 0 Å². The summed E-state index contributed by atoms with van der Waals surface area (Å²) in [6.07, 6.45) is 5.66. The normalized spacial score (nSPS) is 19.5. The SMILES string of the molecule is CC[C@H]1CCCCN1Cc1nc(Cc2ccccc2Cl)no1. The molecule has 22 heavy (non-hydrogen) atoms. The number of hydrogen-bond donors (Lipinski definition) is 0. The molecule has 0 bridgehead atoms. The first-order chi connectivity index (χ1) is 10.8. The van der Waals surface area contributed by atoms with Crippen molar-refractivity contribution in [3.63, 3.8) is 0 Å². The van der Waals surface area contributed by atoms with E-state index in [4.69, 9.17) is 16.1 Å². The van der Waals surface area contributed by atoms with E-state index in [1.807, 2.05) is 24.3 Å². The quantitative estimate of drug-likeness (QED) is 0.833. The van der Waals surface area contributed by atoms with Gasteiger partial charge < -0.3 is 4.52 Å². The molecule has 0 N–H and O–H groups in total. The number of benzene rings is 1. The second-order valence-corrected chi connectivity index (χ2v) is 6.31. The number of aromatic nitrogens is 2. The van der Waals surface area contributed by atoms with Crippen LogP contribution >= 0.6 is 11.6 Å². The summed E-state index contributed by atoms with van der Waals surface area (Å²) >= 11 is 6.18. The number of likely N-dealkylation sites (tertiary alicyclic amines) is 1. The molecule has 0 amide bonds. The van der Waals surface area contributed by atoms with E-state index in [9.17, 15) is 0 Å². The molecule has 0 saturated carbocycles. The molecule has 1 fully saturated rings. The fourth-order valence-electron chi connectivity index (χ4n) is 3.14. The van der Waals surface area contributed by atoms with Crippen LogP contribution in [0.1, 0.15) is 49.9 Å². The molecule has 0 spiro atoms. The van der Waals surface area contributed by atoms with Crippen molar-refractivity contribution in [3.8, 4) is 0 Å². The Balaban J connectivity index is 1.65. The fourth-order valence-corrected chi connectivity index (χ4v) is 3.35. The van der Waals surface area contributed by atoms with Crippen molar-refractivity contribution in [1.29, 1.82) is 0 Å². The van der Waals surface area contributed by atoms with Crippen LogP contribution in [0.4, 0.5) is 0 Å². The molecule has 5 heteroatoms. The van der Waals surface area contributed by atoms with Gasteiger partial charge in [-0.25, -0.2) is 0 Å². The molecule has 118 valence electrons. The van der Waals surface area contributed by atoms with Gasteiger partial charge in [-0.2, -0.15) is 4.98 Å². The lowest BCUT2D eigenvalue weighted by molar-refractivity contribution is 0.120. The first kappa shape index (κ1) is 15.5. The molecule has 1 atom stereocenters. The van der Waals surface area contributed by atoms with Crippen molar-refractivity contribution < 1.29 is 4.52 Å². The van der Waals surface area contributed by atoms with E-state index in [2.05, 4.69) is 22.0 Å². The zero-order chi connectivity index (χ0) is 15.4. The third-order valence-corrected chi connectivity index (χ3v) is 4.74. The molecule has 1 saturated heterocycles. The zero-order valence-corrected chi connectivity index (χ0v) is 13.7. The van der Waals surface area contributed by atoms with Gasteiger partial charge in [-0.1, -0.05) is 48.3 Å². The zero-order valence-electron chi connectivity index (χ0n) is 13.0. The van der Waals surface area contributed by atoms with Crippen LogP contribution < -0.4 is 0 Å². The Labute approximate surface area is 136 Å². The highest BCUT2D eigenvalue weighted by Crippen LogP contribution is 2.22. The Morgan fingerprint density at radius 3 is 3.00 bits per heavy atom. The Morgan fingerprint density at radius 1 is 1.32 bits per heavy atom. The maximum Gasteiger partial charge on any atom is 0.240 e. The van der Waals surface area contributed by atoms with Crippen LogP contribution in [-0.4, -0.2) is 27.6 Å². The van der Waals surface area contributed by atoms with Gasteiger partial charge in [0.05, 0.1) is 6.54 Å². The minimum absolute atomic E-state index is 0.611. The molecular weight excluding hydrogens is 298 g/mol. The Hall–Kier alpha value is -1.39. The van der Waals surface area contributed by atoms with Crippen LogP contribution in [0.2, 0.25) is 5.02 Å². The fraction of sp³-hybridized carbons (Fsp3) is 0.529. The molecule has 1 aromatic heterocycles. The third kappa shape index (κ3) is 3.68. The number of halogens is 1. The van der Waals surface area contributed by atoms with Gasteiger partial charge in [-0.15, -0.1) is 0 Å². The molecule has 3 rings (SSSR count). The van der Waals surface area contributed by atoms with Crippen molar-refractivity contribution in [1.82, 2.24) is 15.0 Å². The van der Waals surface area contributed by atoms with Crippen LogP contribution in [0, 0.1) is 0 Å². The molecule has 1 aromatic carbocycles. The van der Waals surface area contributed by atoms with Crippen LogP contribution in [-0.2, 0) is 13.0 Å². The summed E-state index contributed by atoms with van der Waals surface area (Å²) in [7, 11) is 0. The molecule has 2 heterocycles. The summed E-state index contributed by atoms with van der Waals surface area (Å²) in [6.45, 7) is 4.13. The highest BCUT2D eigenvalue weighted by molar-refractivity contribution is 6.31. The molecule has 0 radical (unpaired) electrons. The van der Waals surface area contributed by atoms with Crippen molar-refractivity contribution in [2.45, 2.75) is 51.6 Å². The van der Waals surface area contributed by atoms with Gasteiger partial charge in [0.15, 0.2) is 5.82 Å². The predicted octanol–water partition coefficient (Wildman–Crippen LogP) is 4.08. The number of hydrogen-bond acceptors (Lipinski definition) is 4. The standard InChI is InChI=1S/C17H22ClN3O/c1-2-14-8-5-6-10-21(14)12-17-19-16(20-22-17)11-13-7-3-4-9-15(13)18/h3-4,7,9,14H,2,5-6,8,10-12H2,1H3/t14-/m0/s1. The van der Waals surface area contributed by atoms with E-state index in [0.29, 0.717) is 24.2 Å². The lowest BCUT2D eigenvalue weighted by Crippen LogP contribution is -2.38. The minimum atomic E-state index is 0.611. The average molecular weight is 320 g/mol. The maximum absolute atomic E-state index is 6.18. The number of rotatable bonds is 5. The van der Waals surface area contributed by atoms with Gasteiger partial charge in [0.25, 0.3) is 0 Å². The van der Waals surface area contributed by atoms with E-state index in [1.54, 1.807) is 0 Å². The van der Waals surface area contributed by atoms with Gasteiger partial charge >= 0.3 is 0 Å². The van der Waals surface area contributed by atoms with Gasteiger partial charge in [0.2, 0.25) is 5.89 Å². The second-order valence-electron chi connectivity index (χ2n) is 5.90. The number of piperidine rings is 1. The van der Waals surface area contributed by atoms with Crippen molar-refractivity contribution >= 4 is 11.6 Å². The predicted molar refractivity (Wildman–Crippen MR) is 86.9 cm³/mol. The smallest absolute Gasteiger partial charge is 0.240 e. The van der Waals surface area contributed by atoms with Crippen LogP contribution in [0.15, 0.2) is 28.8 Å². The van der Waals surface area contributed by atoms with E-state index in [0.717, 1.165) is 23.7 Å². The molecule has 0 aliphatic carbocycles. The molecule has 1 aliphatic heterocycles. The van der Waals surface area contributed by atoms with Gasteiger partial charge in [0.1, 0.15) is 0 Å². The largest absolute Gasteiger partial charge is 0.338 e. The van der Waals surface area contributed by atoms with Gasteiger partial charge in [-0.05, 0) is 37.4 Å². The molecule has 0 unspecified atom stereocenters. The summed E-state index contributed by atoms with van der Waals surface area (Å²) in [5.41, 5.74) is 1.03. The highest BCUT2D eigenvalue weighted by atomic mass is 35.5. The van der Waals surface area contributed by atoms with Crippen molar-refractivity contribution in [2.75, 3.05) is 6.54 Å². The summed E-state index contributed by atoms with van der Waals surface area (Å²) in [4.78, 5) is 7.00. The average Bonchev–Trinajstić information content (AvgIpc) is 2.97. The lowest BCUT2D eigenvalue weighted by Gasteiger charge is -2.33. The van der Waals surface area contributed by atoms with Crippen molar-refractivity contribution in [3.05, 3.63) is 46.6 Å². The topological polar surface area (TPSA) is 42.2 Å². The van der Waals surface area contributed by atoms with E-state index < -0.39 is 0 Å². The summed E-state index contributed by atoms with van der Waals surface area (Å²) in [6, 6.07) is 8.43. The van der Waals surface area contributed by atoms with Crippen LogP contribution in [0.5, 0.6) is 0 Å². The first-order valence-corrected chi connectivity index (χ1v) is 8.43. The number of nitrogens with zero attached hydrogens (tertiary/aromatic N) is 3. The summed E-state index contributed by atoms with van der Waals surface area (Å²) in [5, 5.41) is 4.84. The minimum Gasteiger partial charge on any atom is -0.338 e. The Kier molecular flexibility index (Phi) is 5.11. The molecular formula is C17H22ClN3O. The molecule has 1 aliphatic rings. The molecule has 4 nitrogen and oxygen atoms in total. The molecule has 2 aromatic rings. The lowest BCUT2D eigenvalue weighted by atomic mass is 10.0. The highest BCUT2D eigenvalue weighted by Gasteiger charge is 2.22. The first-order valence-electron chi connectivity index (χ1n) is 8.05. The Morgan fingerprint density at radius 2 is 2.18 bits per heavy atom. The van der Waals surface area contributed by atoms with Crippen molar-refractivity contribution in [2.24, 2.45) is 0 Å². The maximum atomic E-state index is 6.18. The van der Waals surface area contributed by atoms with Crippen LogP contribution in [0.3, 0.4) is 0 Å².